The number of hydrogen-bond donors (Lipinski definition) is 0. The average Bonchev–Trinajstić information content (AvgIpc) is 3.31. The number of rotatable bonds is 3. The van der Waals surface area contributed by atoms with Crippen molar-refractivity contribution in [3.8, 4) is 16.3 Å². The first-order valence-electron chi connectivity index (χ1n) is 9.14. The van der Waals surface area contributed by atoms with Gasteiger partial charge < -0.3 is 4.90 Å². The van der Waals surface area contributed by atoms with Crippen LogP contribution in [0.1, 0.15) is 40.9 Å². The normalized spacial score (nSPS) is 14.6. The molecule has 0 atom stereocenters. The highest BCUT2D eigenvalue weighted by molar-refractivity contribution is 7.13. The van der Waals surface area contributed by atoms with Crippen molar-refractivity contribution in [1.82, 2.24) is 14.7 Å². The molecule has 0 aliphatic carbocycles. The summed E-state index contributed by atoms with van der Waals surface area (Å²) in [6.45, 7) is 5.83. The monoisotopic (exact) mass is 365 g/mol. The summed E-state index contributed by atoms with van der Waals surface area (Å²) in [5.41, 5.74) is 4.82. The van der Waals surface area contributed by atoms with E-state index < -0.39 is 0 Å². The summed E-state index contributed by atoms with van der Waals surface area (Å²) in [4.78, 5) is 16.3. The van der Waals surface area contributed by atoms with Gasteiger partial charge in [0.2, 0.25) is 0 Å². The van der Waals surface area contributed by atoms with Crippen molar-refractivity contribution in [3.05, 3.63) is 58.6 Å². The molecule has 1 amide bonds. The summed E-state index contributed by atoms with van der Waals surface area (Å²) in [5.74, 6) is 0.0833. The second-order valence-electron chi connectivity index (χ2n) is 6.95. The third-order valence-corrected chi connectivity index (χ3v) is 5.82. The molecule has 1 aliphatic heterocycles. The first-order valence-corrected chi connectivity index (χ1v) is 10.0. The Morgan fingerprint density at radius 2 is 1.88 bits per heavy atom. The van der Waals surface area contributed by atoms with Crippen LogP contribution >= 0.6 is 11.3 Å². The Morgan fingerprint density at radius 1 is 1.08 bits per heavy atom. The van der Waals surface area contributed by atoms with Crippen LogP contribution in [-0.2, 0) is 0 Å². The van der Waals surface area contributed by atoms with E-state index in [0.717, 1.165) is 47.8 Å². The number of benzene rings is 1. The Kier molecular flexibility index (Phi) is 4.64. The molecule has 0 unspecified atom stereocenters. The van der Waals surface area contributed by atoms with E-state index in [1.807, 2.05) is 27.1 Å². The van der Waals surface area contributed by atoms with Crippen LogP contribution in [0.25, 0.3) is 16.3 Å². The van der Waals surface area contributed by atoms with E-state index in [4.69, 9.17) is 5.10 Å². The van der Waals surface area contributed by atoms with Gasteiger partial charge in [-0.3, -0.25) is 4.79 Å². The van der Waals surface area contributed by atoms with Crippen LogP contribution in [0.4, 0.5) is 0 Å². The van der Waals surface area contributed by atoms with Crippen molar-refractivity contribution in [2.75, 3.05) is 13.1 Å². The lowest BCUT2D eigenvalue weighted by molar-refractivity contribution is 0.0715. The summed E-state index contributed by atoms with van der Waals surface area (Å²) < 4.78 is 1.83. The second-order valence-corrected chi connectivity index (χ2v) is 7.89. The number of carbonyl (C=O) groups is 1. The molecule has 134 valence electrons. The van der Waals surface area contributed by atoms with Crippen molar-refractivity contribution in [2.24, 2.45) is 0 Å². The van der Waals surface area contributed by atoms with Gasteiger partial charge in [0.15, 0.2) is 0 Å². The number of carbonyl (C=O) groups excluding carboxylic acids is 1. The molecule has 4 nitrogen and oxygen atoms in total. The molecule has 4 rings (SSSR count). The third kappa shape index (κ3) is 3.19. The van der Waals surface area contributed by atoms with E-state index in [-0.39, 0.29) is 5.91 Å². The fourth-order valence-corrected chi connectivity index (χ4v) is 4.25. The summed E-state index contributed by atoms with van der Waals surface area (Å²) in [6, 6.07) is 12.3. The van der Waals surface area contributed by atoms with Gasteiger partial charge in [-0.25, -0.2) is 4.68 Å². The number of thiophene rings is 1. The average molecular weight is 366 g/mol. The maximum atomic E-state index is 13.2. The topological polar surface area (TPSA) is 38.1 Å². The van der Waals surface area contributed by atoms with Gasteiger partial charge in [-0.05, 0) is 62.3 Å². The van der Waals surface area contributed by atoms with Crippen LogP contribution in [0.2, 0.25) is 0 Å². The predicted octanol–water partition coefficient (Wildman–Crippen LogP) is 4.84. The summed E-state index contributed by atoms with van der Waals surface area (Å²) >= 11 is 1.65. The van der Waals surface area contributed by atoms with Crippen molar-refractivity contribution in [3.63, 3.8) is 0 Å². The Morgan fingerprint density at radius 3 is 2.58 bits per heavy atom. The molecule has 26 heavy (non-hydrogen) atoms. The minimum atomic E-state index is 0.0833. The lowest BCUT2D eigenvalue weighted by Gasteiger charge is -2.26. The molecule has 5 heteroatoms. The molecule has 3 aromatic rings. The molecule has 1 aliphatic rings. The van der Waals surface area contributed by atoms with Crippen LogP contribution < -0.4 is 0 Å². The summed E-state index contributed by atoms with van der Waals surface area (Å²) in [5, 5.41) is 6.85. The minimum absolute atomic E-state index is 0.0833. The standard InChI is InChI=1S/C21H23N3OS/c1-15-8-9-18(16(2)13-15)24-19(21(25)23-10-4-3-5-11-23)14-17(22-24)20-7-6-12-26-20/h6-9,12-14H,3-5,10-11H2,1-2H3. The largest absolute Gasteiger partial charge is 0.337 e. The van der Waals surface area contributed by atoms with E-state index in [0.29, 0.717) is 5.69 Å². The zero-order valence-corrected chi connectivity index (χ0v) is 16.1. The number of aromatic nitrogens is 2. The molecule has 0 N–H and O–H groups in total. The molecule has 1 saturated heterocycles. The van der Waals surface area contributed by atoms with Crippen molar-refractivity contribution >= 4 is 17.2 Å². The Bertz CT molecular complexity index is 921. The number of nitrogens with zero attached hydrogens (tertiary/aromatic N) is 3. The van der Waals surface area contributed by atoms with E-state index in [2.05, 4.69) is 38.1 Å². The van der Waals surface area contributed by atoms with Gasteiger partial charge in [-0.1, -0.05) is 23.8 Å². The quantitative estimate of drug-likeness (QED) is 0.666. The van der Waals surface area contributed by atoms with Gasteiger partial charge in [0.25, 0.3) is 5.91 Å². The molecule has 1 aromatic carbocycles. The van der Waals surface area contributed by atoms with Gasteiger partial charge >= 0.3 is 0 Å². The highest BCUT2D eigenvalue weighted by atomic mass is 32.1. The van der Waals surface area contributed by atoms with E-state index in [1.54, 1.807) is 11.3 Å². The van der Waals surface area contributed by atoms with Gasteiger partial charge in [0, 0.05) is 13.1 Å². The zero-order valence-electron chi connectivity index (χ0n) is 15.2. The maximum absolute atomic E-state index is 13.2. The van der Waals surface area contributed by atoms with Crippen LogP contribution in [0.5, 0.6) is 0 Å². The summed E-state index contributed by atoms with van der Waals surface area (Å²) in [7, 11) is 0. The zero-order chi connectivity index (χ0) is 18.1. The van der Waals surface area contributed by atoms with Crippen molar-refractivity contribution in [1.29, 1.82) is 0 Å². The first-order chi connectivity index (χ1) is 12.6. The van der Waals surface area contributed by atoms with E-state index >= 15 is 0 Å². The smallest absolute Gasteiger partial charge is 0.272 e. The van der Waals surface area contributed by atoms with E-state index in [9.17, 15) is 4.79 Å². The summed E-state index contributed by atoms with van der Waals surface area (Å²) in [6.07, 6.45) is 3.38. The molecular formula is C21H23N3OS. The third-order valence-electron chi connectivity index (χ3n) is 4.93. The predicted molar refractivity (Wildman–Crippen MR) is 106 cm³/mol. The fourth-order valence-electron chi connectivity index (χ4n) is 3.56. The molecule has 0 bridgehead atoms. The van der Waals surface area contributed by atoms with Crippen LogP contribution in [0.15, 0.2) is 41.8 Å². The lowest BCUT2D eigenvalue weighted by Crippen LogP contribution is -2.36. The van der Waals surface area contributed by atoms with Gasteiger partial charge in [0.1, 0.15) is 11.4 Å². The minimum Gasteiger partial charge on any atom is -0.337 e. The van der Waals surface area contributed by atoms with Gasteiger partial charge in [-0.15, -0.1) is 11.3 Å². The number of aryl methyl sites for hydroxylation is 2. The molecule has 2 aromatic heterocycles. The maximum Gasteiger partial charge on any atom is 0.272 e. The second kappa shape index (κ2) is 7.08. The Balaban J connectivity index is 1.81. The first kappa shape index (κ1) is 17.0. The van der Waals surface area contributed by atoms with Gasteiger partial charge in [0.05, 0.1) is 10.6 Å². The molecule has 3 heterocycles. The van der Waals surface area contributed by atoms with Crippen molar-refractivity contribution < 1.29 is 4.79 Å². The number of amides is 1. The SMILES string of the molecule is Cc1ccc(-n2nc(-c3cccs3)cc2C(=O)N2CCCCC2)c(C)c1. The van der Waals surface area contributed by atoms with Crippen LogP contribution in [-0.4, -0.2) is 33.7 Å². The molecular weight excluding hydrogens is 342 g/mol. The van der Waals surface area contributed by atoms with Crippen LogP contribution in [0.3, 0.4) is 0 Å². The van der Waals surface area contributed by atoms with Crippen molar-refractivity contribution in [2.45, 2.75) is 33.1 Å². The highest BCUT2D eigenvalue weighted by Gasteiger charge is 2.24. The molecule has 0 saturated carbocycles. The number of hydrogen-bond acceptors (Lipinski definition) is 3. The Labute approximate surface area is 158 Å². The lowest BCUT2D eigenvalue weighted by atomic mass is 10.1. The van der Waals surface area contributed by atoms with Crippen LogP contribution in [0, 0.1) is 13.8 Å². The Hall–Kier alpha value is -2.40. The fraction of sp³-hybridized carbons (Fsp3) is 0.333. The number of likely N-dealkylation sites (tertiary alicyclic amines) is 1. The molecule has 0 spiro atoms. The molecule has 1 fully saturated rings. The highest BCUT2D eigenvalue weighted by Crippen LogP contribution is 2.28. The van der Waals surface area contributed by atoms with E-state index in [1.165, 1.54) is 12.0 Å². The number of piperidine rings is 1. The van der Waals surface area contributed by atoms with Gasteiger partial charge in [-0.2, -0.15) is 5.10 Å². The molecule has 0 radical (unpaired) electrons.